The third-order valence-electron chi connectivity index (χ3n) is 5.22. The van der Waals surface area contributed by atoms with Gasteiger partial charge in [-0.15, -0.1) is 11.3 Å². The fraction of sp³-hybridized carbons (Fsp3) is 0.318. The lowest BCUT2D eigenvalue weighted by molar-refractivity contribution is 0.0937. The van der Waals surface area contributed by atoms with E-state index in [0.29, 0.717) is 35.0 Å². The number of methoxy groups -OCH3 is 1. The quantitative estimate of drug-likeness (QED) is 0.421. The number of phenolic OH excluding ortho intramolecular Hbond substituents is 1. The maximum atomic E-state index is 12.9. The Bertz CT molecular complexity index is 1100. The zero-order valence-electron chi connectivity index (χ0n) is 17.2. The first kappa shape index (κ1) is 21.1. The van der Waals surface area contributed by atoms with E-state index in [0.717, 1.165) is 36.1 Å². The first-order chi connectivity index (χ1) is 15.1. The number of carbonyl (C=O) groups excluding carboxylic acids is 2. The van der Waals surface area contributed by atoms with Crippen LogP contribution in [0.5, 0.6) is 5.75 Å². The smallest absolute Gasteiger partial charge is 0.274 e. The highest BCUT2D eigenvalue weighted by Crippen LogP contribution is 2.38. The van der Waals surface area contributed by atoms with Crippen LogP contribution in [-0.2, 0) is 17.6 Å². The number of anilines is 1. The molecule has 2 heterocycles. The summed E-state index contributed by atoms with van der Waals surface area (Å²) in [5, 5.41) is 23.2. The monoisotopic (exact) mass is 440 g/mol. The highest BCUT2D eigenvalue weighted by Gasteiger charge is 2.27. The van der Waals surface area contributed by atoms with E-state index in [-0.39, 0.29) is 17.4 Å². The molecule has 0 fully saturated rings. The van der Waals surface area contributed by atoms with Gasteiger partial charge in [-0.05, 0) is 49.4 Å². The second-order valence-corrected chi connectivity index (χ2v) is 8.41. The topological polar surface area (TPSA) is 116 Å². The number of ether oxygens (including phenoxy) is 1. The third-order valence-corrected chi connectivity index (χ3v) is 6.43. The van der Waals surface area contributed by atoms with Gasteiger partial charge in [0, 0.05) is 24.1 Å². The van der Waals surface area contributed by atoms with Crippen LogP contribution in [0.2, 0.25) is 0 Å². The molecule has 4 rings (SSSR count). The van der Waals surface area contributed by atoms with Crippen molar-refractivity contribution < 1.29 is 19.4 Å². The van der Waals surface area contributed by atoms with Crippen molar-refractivity contribution in [2.75, 3.05) is 25.6 Å². The SMILES string of the molecule is COCCNC(=O)c1c(NC(=O)c2cc(-c3ccccc3O)n[nH]2)sc2c1CCCC2. The van der Waals surface area contributed by atoms with Crippen molar-refractivity contribution in [1.29, 1.82) is 0 Å². The molecule has 1 aliphatic carbocycles. The number of carbonyl (C=O) groups is 2. The number of amides is 2. The van der Waals surface area contributed by atoms with Crippen LogP contribution in [0.25, 0.3) is 11.3 Å². The molecule has 2 aromatic heterocycles. The molecule has 8 nitrogen and oxygen atoms in total. The van der Waals surface area contributed by atoms with Gasteiger partial charge in [0.2, 0.25) is 0 Å². The summed E-state index contributed by atoms with van der Waals surface area (Å²) in [7, 11) is 1.58. The van der Waals surface area contributed by atoms with Crippen molar-refractivity contribution in [3.63, 3.8) is 0 Å². The number of hydrogen-bond donors (Lipinski definition) is 4. The van der Waals surface area contributed by atoms with E-state index in [4.69, 9.17) is 4.74 Å². The van der Waals surface area contributed by atoms with Crippen molar-refractivity contribution in [2.24, 2.45) is 0 Å². The standard InChI is InChI=1S/C22H24N4O4S/c1-30-11-10-23-21(29)19-14-7-3-5-9-18(14)31-22(19)24-20(28)16-12-15(25-26-16)13-6-2-4-8-17(13)27/h2,4,6,8,12,27H,3,5,7,9-11H2,1H3,(H,23,29)(H,24,28)(H,25,26). The number of hydrogen-bond acceptors (Lipinski definition) is 6. The summed E-state index contributed by atoms with van der Waals surface area (Å²) in [5.74, 6) is -0.508. The van der Waals surface area contributed by atoms with Crippen LogP contribution in [-0.4, -0.2) is 47.4 Å². The van der Waals surface area contributed by atoms with E-state index in [1.807, 2.05) is 0 Å². The number of aromatic nitrogens is 2. The fourth-order valence-electron chi connectivity index (χ4n) is 3.69. The van der Waals surface area contributed by atoms with Gasteiger partial charge in [0.25, 0.3) is 11.8 Å². The summed E-state index contributed by atoms with van der Waals surface area (Å²) >= 11 is 1.46. The molecule has 0 saturated heterocycles. The maximum Gasteiger partial charge on any atom is 0.274 e. The first-order valence-electron chi connectivity index (χ1n) is 10.1. The number of nitrogens with zero attached hydrogens (tertiary/aromatic N) is 1. The number of thiophene rings is 1. The number of nitrogens with one attached hydrogen (secondary N) is 3. The summed E-state index contributed by atoms with van der Waals surface area (Å²) in [6.07, 6.45) is 3.85. The largest absolute Gasteiger partial charge is 0.507 e. The second-order valence-electron chi connectivity index (χ2n) is 7.30. The van der Waals surface area contributed by atoms with Crippen LogP contribution >= 0.6 is 11.3 Å². The average Bonchev–Trinajstić information content (AvgIpc) is 3.39. The Kier molecular flexibility index (Phi) is 6.34. The number of H-pyrrole nitrogens is 1. The van der Waals surface area contributed by atoms with Gasteiger partial charge in [-0.2, -0.15) is 5.10 Å². The van der Waals surface area contributed by atoms with Crippen LogP contribution < -0.4 is 10.6 Å². The molecule has 1 aromatic carbocycles. The van der Waals surface area contributed by atoms with Gasteiger partial charge in [0.15, 0.2) is 0 Å². The lowest BCUT2D eigenvalue weighted by atomic mass is 9.95. The van der Waals surface area contributed by atoms with E-state index < -0.39 is 5.91 Å². The molecule has 0 aliphatic heterocycles. The molecule has 0 bridgehead atoms. The normalized spacial score (nSPS) is 12.9. The van der Waals surface area contributed by atoms with E-state index in [1.54, 1.807) is 37.4 Å². The molecule has 3 aromatic rings. The van der Waals surface area contributed by atoms with Crippen LogP contribution in [0.1, 0.15) is 44.1 Å². The molecule has 0 unspecified atom stereocenters. The molecule has 2 amide bonds. The van der Waals surface area contributed by atoms with E-state index in [1.165, 1.54) is 11.3 Å². The van der Waals surface area contributed by atoms with Crippen LogP contribution in [0.15, 0.2) is 30.3 Å². The third kappa shape index (κ3) is 4.47. The van der Waals surface area contributed by atoms with Gasteiger partial charge < -0.3 is 20.5 Å². The lowest BCUT2D eigenvalue weighted by Crippen LogP contribution is -2.28. The predicted octanol–water partition coefficient (Wildman–Crippen LogP) is 3.35. The number of rotatable bonds is 7. The molecule has 0 radical (unpaired) electrons. The Labute approximate surface area is 183 Å². The summed E-state index contributed by atoms with van der Waals surface area (Å²) < 4.78 is 5.01. The minimum Gasteiger partial charge on any atom is -0.507 e. The molecule has 9 heteroatoms. The number of benzene rings is 1. The highest BCUT2D eigenvalue weighted by atomic mass is 32.1. The van der Waals surface area contributed by atoms with Crippen molar-refractivity contribution in [2.45, 2.75) is 25.7 Å². The molecule has 1 aliphatic rings. The molecular formula is C22H24N4O4S. The van der Waals surface area contributed by atoms with Gasteiger partial charge in [-0.1, -0.05) is 12.1 Å². The average molecular weight is 441 g/mol. The van der Waals surface area contributed by atoms with Gasteiger partial charge >= 0.3 is 0 Å². The van der Waals surface area contributed by atoms with Gasteiger partial charge in [-0.25, -0.2) is 0 Å². The summed E-state index contributed by atoms with van der Waals surface area (Å²) in [6.45, 7) is 0.820. The van der Waals surface area contributed by atoms with Gasteiger partial charge in [0.1, 0.15) is 16.4 Å². The minimum absolute atomic E-state index is 0.0851. The van der Waals surface area contributed by atoms with E-state index in [9.17, 15) is 14.7 Å². The van der Waals surface area contributed by atoms with Crippen molar-refractivity contribution in [3.8, 4) is 17.0 Å². The van der Waals surface area contributed by atoms with Crippen molar-refractivity contribution in [1.82, 2.24) is 15.5 Å². The zero-order chi connectivity index (χ0) is 21.8. The Balaban J connectivity index is 1.58. The van der Waals surface area contributed by atoms with Crippen LogP contribution in [0, 0.1) is 0 Å². The van der Waals surface area contributed by atoms with Crippen LogP contribution in [0.3, 0.4) is 0 Å². The number of para-hydroxylation sites is 1. The summed E-state index contributed by atoms with van der Waals surface area (Å²) in [4.78, 5) is 26.9. The molecule has 0 saturated carbocycles. The molecule has 0 spiro atoms. The number of aromatic hydroxyl groups is 1. The first-order valence-corrected chi connectivity index (χ1v) is 11.0. The fourth-order valence-corrected chi connectivity index (χ4v) is 4.97. The Hall–Kier alpha value is -3.17. The summed E-state index contributed by atoms with van der Waals surface area (Å²) in [6, 6.07) is 8.37. The Morgan fingerprint density at radius 1 is 1.23 bits per heavy atom. The van der Waals surface area contributed by atoms with Gasteiger partial charge in [-0.3, -0.25) is 14.7 Å². The predicted molar refractivity (Wildman–Crippen MR) is 119 cm³/mol. The maximum absolute atomic E-state index is 12.9. The van der Waals surface area contributed by atoms with Gasteiger partial charge in [0.05, 0.1) is 17.9 Å². The van der Waals surface area contributed by atoms with Crippen LogP contribution in [0.4, 0.5) is 5.00 Å². The number of aryl methyl sites for hydroxylation is 1. The molecule has 162 valence electrons. The second kappa shape index (κ2) is 9.32. The summed E-state index contributed by atoms with van der Waals surface area (Å²) in [5.41, 5.74) is 2.81. The number of phenols is 1. The Morgan fingerprint density at radius 2 is 2.03 bits per heavy atom. The molecule has 4 N–H and O–H groups in total. The van der Waals surface area contributed by atoms with Crippen molar-refractivity contribution >= 4 is 28.2 Å². The highest BCUT2D eigenvalue weighted by molar-refractivity contribution is 7.17. The number of fused-ring (bicyclic) bond motifs is 1. The zero-order valence-corrected chi connectivity index (χ0v) is 18.0. The van der Waals surface area contributed by atoms with E-state index >= 15 is 0 Å². The molecule has 0 atom stereocenters. The van der Waals surface area contributed by atoms with E-state index in [2.05, 4.69) is 20.8 Å². The molecule has 31 heavy (non-hydrogen) atoms. The number of aromatic amines is 1. The Morgan fingerprint density at radius 3 is 2.84 bits per heavy atom. The lowest BCUT2D eigenvalue weighted by Gasteiger charge is -2.13. The molecular weight excluding hydrogens is 416 g/mol. The van der Waals surface area contributed by atoms with Crippen molar-refractivity contribution in [3.05, 3.63) is 52.0 Å². The minimum atomic E-state index is -0.390.